The average molecular weight is 177 g/mol. The van der Waals surface area contributed by atoms with Crippen LogP contribution in [0.3, 0.4) is 0 Å². The smallest absolute Gasteiger partial charge is 0.119 e. The van der Waals surface area contributed by atoms with E-state index in [1.165, 1.54) is 11.5 Å². The molecule has 1 aromatic carbocycles. The summed E-state index contributed by atoms with van der Waals surface area (Å²) in [5.74, 6) is 1.80. The van der Waals surface area contributed by atoms with Gasteiger partial charge in [0.2, 0.25) is 0 Å². The van der Waals surface area contributed by atoms with E-state index in [0.29, 0.717) is 5.75 Å². The van der Waals surface area contributed by atoms with Gasteiger partial charge in [-0.3, -0.25) is 0 Å². The van der Waals surface area contributed by atoms with Crippen molar-refractivity contribution in [2.75, 3.05) is 0 Å². The predicted octanol–water partition coefficient (Wildman–Crippen LogP) is 3.11. The zero-order valence-corrected chi connectivity index (χ0v) is 8.59. The quantitative estimate of drug-likeness (QED) is 0.752. The fraction of sp³-hybridized carbons (Fsp3) is 0.417. The molecule has 0 aliphatic heterocycles. The lowest BCUT2D eigenvalue weighted by Gasteiger charge is -2.07. The van der Waals surface area contributed by atoms with Crippen LogP contribution in [0.15, 0.2) is 18.2 Å². The molecule has 0 unspecified atom stereocenters. The van der Waals surface area contributed by atoms with Gasteiger partial charge in [-0.1, -0.05) is 32.9 Å². The molecule has 0 aromatic heterocycles. The molecule has 13 heavy (non-hydrogen) atoms. The van der Waals surface area contributed by atoms with E-state index in [4.69, 9.17) is 0 Å². The van der Waals surface area contributed by atoms with Gasteiger partial charge in [0.15, 0.2) is 0 Å². The summed E-state index contributed by atoms with van der Waals surface area (Å²) in [6.07, 6.45) is 1.85. The van der Waals surface area contributed by atoms with Crippen LogP contribution in [0.1, 0.15) is 31.9 Å². The molecule has 0 saturated carbocycles. The Kier molecular flexibility index (Phi) is 3.35. The monoisotopic (exact) mass is 177 g/mol. The summed E-state index contributed by atoms with van der Waals surface area (Å²) < 4.78 is 0. The number of aryl methyl sites for hydroxylation is 1. The largest absolute Gasteiger partial charge is 0.508 e. The third-order valence-electron chi connectivity index (χ3n) is 2.09. The topological polar surface area (TPSA) is 20.2 Å². The fourth-order valence-corrected chi connectivity index (χ4v) is 1.43. The Morgan fingerprint density at radius 3 is 2.46 bits per heavy atom. The van der Waals surface area contributed by atoms with Crippen molar-refractivity contribution >= 4 is 0 Å². The van der Waals surface area contributed by atoms with E-state index in [9.17, 15) is 5.11 Å². The number of phenols is 1. The maximum Gasteiger partial charge on any atom is 0.119 e. The Bertz CT molecular complexity index is 276. The van der Waals surface area contributed by atoms with E-state index < -0.39 is 0 Å². The second kappa shape index (κ2) is 4.31. The molecule has 0 amide bonds. The van der Waals surface area contributed by atoms with Gasteiger partial charge in [-0.15, -0.1) is 0 Å². The van der Waals surface area contributed by atoms with Crippen molar-refractivity contribution in [3.63, 3.8) is 0 Å². The van der Waals surface area contributed by atoms with Crippen molar-refractivity contribution in [1.82, 2.24) is 0 Å². The molecule has 71 valence electrons. The lowest BCUT2D eigenvalue weighted by atomic mass is 10.0. The van der Waals surface area contributed by atoms with Crippen molar-refractivity contribution in [2.45, 2.75) is 33.6 Å². The highest BCUT2D eigenvalue weighted by Gasteiger charge is 2.02. The second-order valence-electron chi connectivity index (χ2n) is 3.70. The highest BCUT2D eigenvalue weighted by molar-refractivity contribution is 5.37. The van der Waals surface area contributed by atoms with Crippen LogP contribution in [0, 0.1) is 5.92 Å². The van der Waals surface area contributed by atoms with E-state index in [0.717, 1.165) is 18.4 Å². The summed E-state index contributed by atoms with van der Waals surface area (Å²) in [5.41, 5.74) is 2.22. The SMILES string of the molecule is CCc1ccc(C[C](C)C)cc1O. The fourth-order valence-electron chi connectivity index (χ4n) is 1.43. The van der Waals surface area contributed by atoms with Crippen molar-refractivity contribution in [3.8, 4) is 5.75 Å². The molecule has 1 N–H and O–H groups in total. The molecule has 0 heterocycles. The third-order valence-corrected chi connectivity index (χ3v) is 2.09. The highest BCUT2D eigenvalue weighted by Crippen LogP contribution is 2.21. The number of aromatic hydroxyl groups is 1. The van der Waals surface area contributed by atoms with Gasteiger partial charge in [0.25, 0.3) is 0 Å². The van der Waals surface area contributed by atoms with Gasteiger partial charge in [0, 0.05) is 0 Å². The van der Waals surface area contributed by atoms with Gasteiger partial charge in [0.05, 0.1) is 0 Å². The van der Waals surface area contributed by atoms with E-state index in [2.05, 4.69) is 19.9 Å². The van der Waals surface area contributed by atoms with Crippen molar-refractivity contribution in [2.24, 2.45) is 0 Å². The summed E-state index contributed by atoms with van der Waals surface area (Å²) in [5, 5.41) is 9.59. The summed E-state index contributed by atoms with van der Waals surface area (Å²) in [6.45, 7) is 6.25. The Hall–Kier alpha value is -0.980. The molecule has 1 radical (unpaired) electrons. The van der Waals surface area contributed by atoms with Crippen LogP contribution < -0.4 is 0 Å². The lowest BCUT2D eigenvalue weighted by molar-refractivity contribution is 0.468. The Morgan fingerprint density at radius 2 is 2.00 bits per heavy atom. The minimum absolute atomic E-state index is 0.432. The van der Waals surface area contributed by atoms with Crippen LogP contribution in [0.4, 0.5) is 0 Å². The lowest BCUT2D eigenvalue weighted by Crippen LogP contribution is -1.92. The van der Waals surface area contributed by atoms with Crippen molar-refractivity contribution in [1.29, 1.82) is 0 Å². The molecule has 0 bridgehead atoms. The van der Waals surface area contributed by atoms with Crippen LogP contribution in [-0.2, 0) is 12.8 Å². The average Bonchev–Trinajstić information content (AvgIpc) is 2.03. The molecule has 0 aliphatic rings. The van der Waals surface area contributed by atoms with E-state index >= 15 is 0 Å². The number of rotatable bonds is 3. The Labute approximate surface area is 80.4 Å². The van der Waals surface area contributed by atoms with E-state index in [-0.39, 0.29) is 0 Å². The summed E-state index contributed by atoms with van der Waals surface area (Å²) >= 11 is 0. The normalized spacial score (nSPS) is 10.8. The molecule has 0 saturated heterocycles. The minimum Gasteiger partial charge on any atom is -0.508 e. The third kappa shape index (κ3) is 2.76. The Balaban J connectivity index is 2.83. The minimum atomic E-state index is 0.432. The van der Waals surface area contributed by atoms with Crippen LogP contribution in [-0.4, -0.2) is 5.11 Å². The molecule has 0 aliphatic carbocycles. The van der Waals surface area contributed by atoms with Crippen LogP contribution >= 0.6 is 0 Å². The summed E-state index contributed by atoms with van der Waals surface area (Å²) in [7, 11) is 0. The maximum atomic E-state index is 9.59. The standard InChI is InChI=1S/C12H17O/c1-4-11-6-5-10(7-9(2)3)8-12(11)13/h5-6,8,13H,4,7H2,1-3H3. The predicted molar refractivity (Wildman–Crippen MR) is 55.8 cm³/mol. The molecule has 0 atom stereocenters. The molecule has 0 fully saturated rings. The van der Waals surface area contributed by atoms with Crippen LogP contribution in [0.5, 0.6) is 5.75 Å². The maximum absolute atomic E-state index is 9.59. The van der Waals surface area contributed by atoms with Gasteiger partial charge in [-0.25, -0.2) is 0 Å². The first-order chi connectivity index (χ1) is 6.13. The Morgan fingerprint density at radius 1 is 1.31 bits per heavy atom. The van der Waals surface area contributed by atoms with Gasteiger partial charge in [0.1, 0.15) is 5.75 Å². The van der Waals surface area contributed by atoms with Gasteiger partial charge < -0.3 is 5.11 Å². The number of benzene rings is 1. The second-order valence-corrected chi connectivity index (χ2v) is 3.70. The molecule has 1 aromatic rings. The number of hydrogen-bond acceptors (Lipinski definition) is 1. The van der Waals surface area contributed by atoms with Crippen molar-refractivity contribution < 1.29 is 5.11 Å². The molecule has 1 rings (SSSR count). The first-order valence-electron chi connectivity index (χ1n) is 4.73. The van der Waals surface area contributed by atoms with E-state index in [1.54, 1.807) is 0 Å². The molecular formula is C12H17O. The first kappa shape index (κ1) is 10.1. The highest BCUT2D eigenvalue weighted by atomic mass is 16.3. The summed E-state index contributed by atoms with van der Waals surface area (Å²) in [4.78, 5) is 0. The van der Waals surface area contributed by atoms with Gasteiger partial charge in [-0.05, 0) is 36.0 Å². The van der Waals surface area contributed by atoms with E-state index in [1.807, 2.05) is 19.1 Å². The zero-order chi connectivity index (χ0) is 9.84. The van der Waals surface area contributed by atoms with Crippen molar-refractivity contribution in [3.05, 3.63) is 35.2 Å². The summed E-state index contributed by atoms with van der Waals surface area (Å²) in [6, 6.07) is 5.96. The van der Waals surface area contributed by atoms with Gasteiger partial charge in [-0.2, -0.15) is 0 Å². The number of phenolic OH excluding ortho intramolecular Hbond substituents is 1. The molecule has 1 heteroatoms. The zero-order valence-electron chi connectivity index (χ0n) is 8.59. The van der Waals surface area contributed by atoms with Crippen LogP contribution in [0.2, 0.25) is 0 Å². The first-order valence-corrected chi connectivity index (χ1v) is 4.73. The molecule has 1 nitrogen and oxygen atoms in total. The number of hydrogen-bond donors (Lipinski definition) is 1. The van der Waals surface area contributed by atoms with Crippen LogP contribution in [0.25, 0.3) is 0 Å². The molecule has 0 spiro atoms. The molecular weight excluding hydrogens is 160 g/mol. The van der Waals surface area contributed by atoms with Gasteiger partial charge >= 0.3 is 0 Å².